The molecule has 0 bridgehead atoms. The van der Waals surface area contributed by atoms with Crippen LogP contribution in [-0.4, -0.2) is 47.1 Å². The average molecular weight is 477 g/mol. The lowest BCUT2D eigenvalue weighted by molar-refractivity contribution is -0.126. The van der Waals surface area contributed by atoms with E-state index in [4.69, 9.17) is 9.47 Å². The van der Waals surface area contributed by atoms with Crippen molar-refractivity contribution in [1.29, 1.82) is 0 Å². The maximum absolute atomic E-state index is 13.9. The third kappa shape index (κ3) is 4.25. The molecule has 1 aromatic heterocycles. The molecule has 0 saturated carbocycles. The molecule has 2 amide bonds. The number of fused-ring (bicyclic) bond motifs is 1. The summed E-state index contributed by atoms with van der Waals surface area (Å²) in [5.74, 6) is -0.904. The quantitative estimate of drug-likeness (QED) is 0.526. The first-order chi connectivity index (χ1) is 16.8. The lowest BCUT2D eigenvalue weighted by Gasteiger charge is -2.43. The van der Waals surface area contributed by atoms with Crippen LogP contribution in [0.5, 0.6) is 5.75 Å². The first kappa shape index (κ1) is 24.0. The Balaban J connectivity index is 1.76. The lowest BCUT2D eigenvalue weighted by atomic mass is 9.92. The Bertz CT molecular complexity index is 1280. The standard InChI is InChI=1S/C26H28N4O5/c1-5-17-9-8-11-19(13-17)30-23(31)22-21(24(32)35-4)28-16-29(22)15-26(30,2)25(33)27-14-18-10-6-7-12-20(18)34-3/h6-13,16H,5,14-15H2,1-4H3,(H,27,33)/t26-/m1/s1. The molecule has 1 N–H and O–H groups in total. The van der Waals surface area contributed by atoms with Gasteiger partial charge in [-0.3, -0.25) is 14.5 Å². The first-order valence-electron chi connectivity index (χ1n) is 11.3. The molecule has 0 saturated heterocycles. The fourth-order valence-electron chi connectivity index (χ4n) is 4.41. The lowest BCUT2D eigenvalue weighted by Crippen LogP contribution is -2.64. The number of carbonyl (C=O) groups excluding carboxylic acids is 3. The molecule has 0 radical (unpaired) electrons. The van der Waals surface area contributed by atoms with Crippen molar-refractivity contribution < 1.29 is 23.9 Å². The highest BCUT2D eigenvalue weighted by Crippen LogP contribution is 2.34. The van der Waals surface area contributed by atoms with Gasteiger partial charge in [0.25, 0.3) is 5.91 Å². The van der Waals surface area contributed by atoms with Crippen molar-refractivity contribution in [3.8, 4) is 5.75 Å². The van der Waals surface area contributed by atoms with E-state index in [1.54, 1.807) is 20.1 Å². The molecule has 1 aliphatic rings. The van der Waals surface area contributed by atoms with Gasteiger partial charge >= 0.3 is 5.97 Å². The second-order valence-electron chi connectivity index (χ2n) is 8.49. The minimum atomic E-state index is -1.30. The number of benzene rings is 2. The Morgan fingerprint density at radius 3 is 2.63 bits per heavy atom. The van der Waals surface area contributed by atoms with E-state index >= 15 is 0 Å². The van der Waals surface area contributed by atoms with Crippen molar-refractivity contribution in [1.82, 2.24) is 14.9 Å². The summed E-state index contributed by atoms with van der Waals surface area (Å²) in [5.41, 5.74) is 1.10. The van der Waals surface area contributed by atoms with Gasteiger partial charge in [-0.1, -0.05) is 37.3 Å². The number of methoxy groups -OCH3 is 2. The van der Waals surface area contributed by atoms with Gasteiger partial charge in [0.1, 0.15) is 17.0 Å². The summed E-state index contributed by atoms with van der Waals surface area (Å²) in [6.45, 7) is 4.05. The van der Waals surface area contributed by atoms with Crippen LogP contribution in [0.2, 0.25) is 0 Å². The van der Waals surface area contributed by atoms with Crippen LogP contribution in [0.15, 0.2) is 54.9 Å². The van der Waals surface area contributed by atoms with E-state index in [1.807, 2.05) is 49.4 Å². The van der Waals surface area contributed by atoms with E-state index in [2.05, 4.69) is 10.3 Å². The number of imidazole rings is 1. The highest BCUT2D eigenvalue weighted by atomic mass is 16.5. The number of anilines is 1. The van der Waals surface area contributed by atoms with Gasteiger partial charge in [-0.2, -0.15) is 0 Å². The second kappa shape index (κ2) is 9.61. The summed E-state index contributed by atoms with van der Waals surface area (Å²) < 4.78 is 11.7. The summed E-state index contributed by atoms with van der Waals surface area (Å²) in [6.07, 6.45) is 2.16. The second-order valence-corrected chi connectivity index (χ2v) is 8.49. The third-order valence-corrected chi connectivity index (χ3v) is 6.29. The average Bonchev–Trinajstić information content (AvgIpc) is 3.30. The molecular formula is C26H28N4O5. The normalized spacial score (nSPS) is 17.0. The summed E-state index contributed by atoms with van der Waals surface area (Å²) in [4.78, 5) is 45.4. The number of aryl methyl sites for hydroxylation is 1. The zero-order chi connectivity index (χ0) is 25.2. The molecule has 2 heterocycles. The van der Waals surface area contributed by atoms with Gasteiger partial charge in [-0.25, -0.2) is 9.78 Å². The maximum Gasteiger partial charge on any atom is 0.359 e. The molecule has 3 aromatic rings. The van der Waals surface area contributed by atoms with Crippen LogP contribution in [0.1, 0.15) is 46.0 Å². The van der Waals surface area contributed by atoms with Crippen molar-refractivity contribution in [3.63, 3.8) is 0 Å². The maximum atomic E-state index is 13.9. The number of amides is 2. The molecule has 0 fully saturated rings. The third-order valence-electron chi connectivity index (χ3n) is 6.29. The van der Waals surface area contributed by atoms with Gasteiger partial charge in [0.15, 0.2) is 5.69 Å². The molecule has 9 nitrogen and oxygen atoms in total. The number of nitrogens with zero attached hydrogens (tertiary/aromatic N) is 3. The van der Waals surface area contributed by atoms with E-state index in [1.165, 1.54) is 22.9 Å². The van der Waals surface area contributed by atoms with Crippen molar-refractivity contribution >= 4 is 23.5 Å². The predicted molar refractivity (Wildman–Crippen MR) is 129 cm³/mol. The molecule has 1 aliphatic heterocycles. The Kier molecular flexibility index (Phi) is 6.59. The first-order valence-corrected chi connectivity index (χ1v) is 11.3. The van der Waals surface area contributed by atoms with E-state index in [0.29, 0.717) is 11.4 Å². The van der Waals surface area contributed by atoms with E-state index in [-0.39, 0.29) is 30.4 Å². The molecule has 1 atom stereocenters. The summed E-state index contributed by atoms with van der Waals surface area (Å²) in [5, 5.41) is 2.97. The van der Waals surface area contributed by atoms with Gasteiger partial charge < -0.3 is 19.4 Å². The van der Waals surface area contributed by atoms with Crippen molar-refractivity contribution in [2.24, 2.45) is 0 Å². The zero-order valence-electron chi connectivity index (χ0n) is 20.2. The number of nitrogens with one attached hydrogen (secondary N) is 1. The topological polar surface area (TPSA) is 103 Å². The Hall–Kier alpha value is -4.14. The number of hydrogen-bond acceptors (Lipinski definition) is 6. The summed E-state index contributed by atoms with van der Waals surface area (Å²) >= 11 is 0. The van der Waals surface area contributed by atoms with Crippen LogP contribution in [0.25, 0.3) is 0 Å². The number of esters is 1. The van der Waals surface area contributed by atoms with Crippen LogP contribution in [0, 0.1) is 0 Å². The minimum Gasteiger partial charge on any atom is -0.496 e. The Morgan fingerprint density at radius 2 is 1.91 bits per heavy atom. The van der Waals surface area contributed by atoms with E-state index < -0.39 is 17.4 Å². The van der Waals surface area contributed by atoms with Gasteiger partial charge in [0, 0.05) is 17.8 Å². The number of rotatable bonds is 7. The molecule has 9 heteroatoms. The number of carbonyl (C=O) groups is 3. The molecular weight excluding hydrogens is 448 g/mol. The highest BCUT2D eigenvalue weighted by molar-refractivity contribution is 6.15. The van der Waals surface area contributed by atoms with Crippen molar-refractivity contribution in [2.75, 3.05) is 19.1 Å². The Labute approximate surface area is 203 Å². The number of para-hydroxylation sites is 1. The van der Waals surface area contributed by atoms with E-state index in [9.17, 15) is 14.4 Å². The largest absolute Gasteiger partial charge is 0.496 e. The molecule has 0 aliphatic carbocycles. The predicted octanol–water partition coefficient (Wildman–Crippen LogP) is 2.98. The molecule has 182 valence electrons. The molecule has 2 aromatic carbocycles. The van der Waals surface area contributed by atoms with Gasteiger partial charge in [0.05, 0.1) is 27.1 Å². The monoisotopic (exact) mass is 476 g/mol. The van der Waals surface area contributed by atoms with Crippen LogP contribution >= 0.6 is 0 Å². The summed E-state index contributed by atoms with van der Waals surface area (Å²) in [6, 6.07) is 14.9. The number of hydrogen-bond donors (Lipinski definition) is 1. The van der Waals surface area contributed by atoms with Gasteiger partial charge in [-0.05, 0) is 37.1 Å². The number of ether oxygens (including phenoxy) is 2. The van der Waals surface area contributed by atoms with Crippen molar-refractivity contribution in [2.45, 2.75) is 38.9 Å². The smallest absolute Gasteiger partial charge is 0.359 e. The van der Waals surface area contributed by atoms with Gasteiger partial charge in [-0.15, -0.1) is 0 Å². The molecule has 0 spiro atoms. The van der Waals surface area contributed by atoms with Crippen LogP contribution in [0.4, 0.5) is 5.69 Å². The fourth-order valence-corrected chi connectivity index (χ4v) is 4.41. The fraction of sp³-hybridized carbons (Fsp3) is 0.308. The highest BCUT2D eigenvalue weighted by Gasteiger charge is 2.49. The van der Waals surface area contributed by atoms with Crippen LogP contribution in [0.3, 0.4) is 0 Å². The zero-order valence-corrected chi connectivity index (χ0v) is 20.2. The van der Waals surface area contributed by atoms with Gasteiger partial charge in [0.2, 0.25) is 5.91 Å². The molecule has 0 unspecified atom stereocenters. The van der Waals surface area contributed by atoms with Crippen molar-refractivity contribution in [3.05, 3.63) is 77.4 Å². The van der Waals surface area contributed by atoms with Crippen LogP contribution in [-0.2, 0) is 29.0 Å². The summed E-state index contributed by atoms with van der Waals surface area (Å²) in [7, 11) is 2.81. The van der Waals surface area contributed by atoms with Crippen LogP contribution < -0.4 is 15.0 Å². The minimum absolute atomic E-state index is 0.0781. The molecule has 4 rings (SSSR count). The van der Waals surface area contributed by atoms with E-state index in [0.717, 1.165) is 17.5 Å². The molecule has 35 heavy (non-hydrogen) atoms. The number of aromatic nitrogens is 2. The SMILES string of the molecule is CCc1cccc(N2C(=O)c3c(C(=O)OC)ncn3C[C@]2(C)C(=O)NCc2ccccc2OC)c1. The Morgan fingerprint density at radius 1 is 1.14 bits per heavy atom.